The second-order valence-corrected chi connectivity index (χ2v) is 2.54. The summed E-state index contributed by atoms with van der Waals surface area (Å²) in [5.74, 6) is 0. The molecule has 0 rings (SSSR count). The molecule has 3 N–H and O–H groups in total. The number of hydrogen-bond donors (Lipinski definition) is 3. The minimum atomic E-state index is -4.64. The van der Waals surface area contributed by atoms with Crippen molar-refractivity contribution in [3.05, 3.63) is 13.8 Å². The van der Waals surface area contributed by atoms with E-state index in [1.165, 1.54) is 0 Å². The standard InChI is InChI=1S/2C3H7.Ni.H3O4P/c2*1-3-2;;1-5(2,3)4/h2*1,3H2,2H3;;(H3,1,2,3,4)/q2*-1;+2;. The second-order valence-electron chi connectivity index (χ2n) is 1.51. The maximum absolute atomic E-state index is 8.88. The van der Waals surface area contributed by atoms with Gasteiger partial charge in [-0.3, -0.25) is 0 Å². The summed E-state index contributed by atoms with van der Waals surface area (Å²) < 4.78 is 8.88. The van der Waals surface area contributed by atoms with Crippen molar-refractivity contribution in [2.24, 2.45) is 0 Å². The monoisotopic (exact) mass is 242 g/mol. The van der Waals surface area contributed by atoms with Crippen LogP contribution < -0.4 is 0 Å². The molecular weight excluding hydrogens is 226 g/mol. The largest absolute Gasteiger partial charge is 2.00 e. The van der Waals surface area contributed by atoms with Crippen molar-refractivity contribution < 1.29 is 35.7 Å². The second kappa shape index (κ2) is 17.6. The Kier molecular flexibility index (Phi) is 33.7. The smallest absolute Gasteiger partial charge is 0.344 e. The molecular formula is C6H17NiO4P. The first-order valence-electron chi connectivity index (χ1n) is 3.20. The van der Waals surface area contributed by atoms with Crippen molar-refractivity contribution in [3.8, 4) is 0 Å². The van der Waals surface area contributed by atoms with E-state index in [-0.39, 0.29) is 16.5 Å². The number of phosphoric acid groups is 1. The van der Waals surface area contributed by atoms with E-state index < -0.39 is 7.82 Å². The third-order valence-corrected chi connectivity index (χ3v) is 0. The fourth-order valence-corrected chi connectivity index (χ4v) is 0. The van der Waals surface area contributed by atoms with Crippen LogP contribution in [0.3, 0.4) is 0 Å². The van der Waals surface area contributed by atoms with Gasteiger partial charge < -0.3 is 28.5 Å². The third-order valence-electron chi connectivity index (χ3n) is 0. The number of rotatable bonds is 0. The summed E-state index contributed by atoms with van der Waals surface area (Å²) >= 11 is 0. The topological polar surface area (TPSA) is 77.8 Å². The molecule has 80 valence electrons. The Morgan fingerprint density at radius 1 is 1.08 bits per heavy atom. The van der Waals surface area contributed by atoms with Gasteiger partial charge in [0, 0.05) is 0 Å². The van der Waals surface area contributed by atoms with Gasteiger partial charge >= 0.3 is 24.3 Å². The Morgan fingerprint density at radius 3 is 1.08 bits per heavy atom. The first kappa shape index (κ1) is 22.9. The van der Waals surface area contributed by atoms with Crippen LogP contribution in [-0.4, -0.2) is 14.7 Å². The zero-order valence-electron chi connectivity index (χ0n) is 7.34. The van der Waals surface area contributed by atoms with Crippen LogP contribution in [0.4, 0.5) is 0 Å². The zero-order chi connectivity index (χ0) is 9.91. The molecule has 0 aliphatic rings. The molecule has 6 heteroatoms. The summed E-state index contributed by atoms with van der Waals surface area (Å²) in [4.78, 5) is 21.6. The van der Waals surface area contributed by atoms with E-state index in [0.717, 1.165) is 12.8 Å². The molecule has 0 aromatic heterocycles. The molecule has 0 saturated heterocycles. The Labute approximate surface area is 84.6 Å². The summed E-state index contributed by atoms with van der Waals surface area (Å²) in [6.45, 7) is 11.0. The van der Waals surface area contributed by atoms with Gasteiger partial charge in [0.15, 0.2) is 0 Å². The van der Waals surface area contributed by atoms with E-state index in [1.807, 2.05) is 13.8 Å². The van der Waals surface area contributed by atoms with Crippen LogP contribution in [0.5, 0.6) is 0 Å². The quantitative estimate of drug-likeness (QED) is 0.342. The normalized spacial score (nSPS) is 7.92. The summed E-state index contributed by atoms with van der Waals surface area (Å²) in [7, 11) is -4.64. The minimum absolute atomic E-state index is 0. The molecule has 12 heavy (non-hydrogen) atoms. The van der Waals surface area contributed by atoms with E-state index in [0.29, 0.717) is 0 Å². The first-order valence-corrected chi connectivity index (χ1v) is 4.76. The first-order chi connectivity index (χ1) is 4.83. The third kappa shape index (κ3) is 2690. The fraction of sp³-hybridized carbons (Fsp3) is 0.667. The van der Waals surface area contributed by atoms with E-state index >= 15 is 0 Å². The fourth-order valence-electron chi connectivity index (χ4n) is 0. The molecule has 0 spiro atoms. The van der Waals surface area contributed by atoms with Crippen LogP contribution in [0.1, 0.15) is 26.7 Å². The van der Waals surface area contributed by atoms with Crippen LogP contribution >= 0.6 is 7.82 Å². The SMILES string of the molecule is O=P(O)(O)O.[CH2-]CC.[CH2-]CC.[Ni+2]. The Morgan fingerprint density at radius 2 is 1.08 bits per heavy atom. The van der Waals surface area contributed by atoms with Crippen LogP contribution in [0.15, 0.2) is 0 Å². The molecule has 0 fully saturated rings. The summed E-state index contributed by atoms with van der Waals surface area (Å²) in [6, 6.07) is 0. The van der Waals surface area contributed by atoms with Gasteiger partial charge in [0.2, 0.25) is 0 Å². The maximum atomic E-state index is 8.88. The molecule has 0 aromatic rings. The average Bonchev–Trinajstić information content (AvgIpc) is 1.62. The molecule has 0 aromatic carbocycles. The van der Waals surface area contributed by atoms with E-state index in [4.69, 9.17) is 19.2 Å². The average molecular weight is 243 g/mol. The van der Waals surface area contributed by atoms with Crippen LogP contribution in [0.25, 0.3) is 0 Å². The van der Waals surface area contributed by atoms with Gasteiger partial charge in [0.05, 0.1) is 0 Å². The van der Waals surface area contributed by atoms with Crippen molar-refractivity contribution in [2.45, 2.75) is 26.7 Å². The summed E-state index contributed by atoms with van der Waals surface area (Å²) in [5, 5.41) is 0. The van der Waals surface area contributed by atoms with Gasteiger partial charge in [0.25, 0.3) is 0 Å². The molecule has 0 saturated carbocycles. The summed E-state index contributed by atoms with van der Waals surface area (Å²) in [5.41, 5.74) is 0. The van der Waals surface area contributed by atoms with Crippen molar-refractivity contribution >= 4 is 7.82 Å². The molecule has 0 aliphatic heterocycles. The van der Waals surface area contributed by atoms with Crippen molar-refractivity contribution in [1.29, 1.82) is 0 Å². The molecule has 0 amide bonds. The molecule has 0 radical (unpaired) electrons. The predicted octanol–water partition coefficient (Wildman–Crippen LogP) is 1.53. The van der Waals surface area contributed by atoms with Gasteiger partial charge in [-0.2, -0.15) is 12.8 Å². The Hall–Kier alpha value is 0.604. The molecule has 0 unspecified atom stereocenters. The van der Waals surface area contributed by atoms with Gasteiger partial charge in [0.1, 0.15) is 0 Å². The van der Waals surface area contributed by atoms with Crippen molar-refractivity contribution in [2.75, 3.05) is 0 Å². The maximum Gasteiger partial charge on any atom is 2.00 e. The van der Waals surface area contributed by atoms with Gasteiger partial charge in [-0.15, -0.1) is 0 Å². The Balaban J connectivity index is -0.0000000406. The Bertz CT molecular complexity index is 83.3. The van der Waals surface area contributed by atoms with Crippen LogP contribution in [0, 0.1) is 13.8 Å². The van der Waals surface area contributed by atoms with E-state index in [2.05, 4.69) is 13.8 Å². The van der Waals surface area contributed by atoms with Gasteiger partial charge in [-0.05, 0) is 0 Å². The zero-order valence-corrected chi connectivity index (χ0v) is 9.22. The minimum Gasteiger partial charge on any atom is -0.344 e. The molecule has 0 atom stereocenters. The molecule has 0 aliphatic carbocycles. The van der Waals surface area contributed by atoms with E-state index in [1.54, 1.807) is 0 Å². The van der Waals surface area contributed by atoms with E-state index in [9.17, 15) is 0 Å². The number of hydrogen-bond acceptors (Lipinski definition) is 1. The predicted molar refractivity (Wildman–Crippen MR) is 45.6 cm³/mol. The van der Waals surface area contributed by atoms with Crippen molar-refractivity contribution in [3.63, 3.8) is 0 Å². The van der Waals surface area contributed by atoms with Crippen molar-refractivity contribution in [1.82, 2.24) is 0 Å². The summed E-state index contributed by atoms with van der Waals surface area (Å²) in [6.07, 6.45) is 2.00. The molecule has 4 nitrogen and oxygen atoms in total. The van der Waals surface area contributed by atoms with Gasteiger partial charge in [-0.25, -0.2) is 4.57 Å². The van der Waals surface area contributed by atoms with Gasteiger partial charge in [-0.1, -0.05) is 13.8 Å². The molecule has 0 bridgehead atoms. The molecule has 0 heterocycles. The van der Waals surface area contributed by atoms with Crippen LogP contribution in [-0.2, 0) is 21.1 Å². The van der Waals surface area contributed by atoms with Crippen LogP contribution in [0.2, 0.25) is 0 Å².